The summed E-state index contributed by atoms with van der Waals surface area (Å²) in [5, 5.41) is 17.9. The van der Waals surface area contributed by atoms with Crippen molar-refractivity contribution in [1.82, 2.24) is 24.8 Å². The Morgan fingerprint density at radius 1 is 1.30 bits per heavy atom. The van der Waals surface area contributed by atoms with Crippen LogP contribution in [0.25, 0.3) is 11.0 Å². The normalized spacial score (nSPS) is 27.9. The van der Waals surface area contributed by atoms with Gasteiger partial charge in [-0.15, -0.1) is 11.7 Å². The van der Waals surface area contributed by atoms with Crippen molar-refractivity contribution in [1.29, 1.82) is 0 Å². The number of fused-ring (bicyclic) bond motifs is 2. The quantitative estimate of drug-likeness (QED) is 0.350. The SMILES string of the molecule is C=CCOC(=O)[C@@H]1[C@H]2C(=O)N(CCCO)C(C(=O)N(CC=C)Cn3nnc4ccccc43)C23CC[C@H]1O3. The number of para-hydroxylation sites is 1. The van der Waals surface area contributed by atoms with Crippen molar-refractivity contribution in [2.75, 3.05) is 26.3 Å². The lowest BCUT2D eigenvalue weighted by Crippen LogP contribution is -2.56. The second-order valence-electron chi connectivity index (χ2n) is 9.65. The van der Waals surface area contributed by atoms with E-state index in [0.29, 0.717) is 24.8 Å². The molecule has 3 aliphatic heterocycles. The highest BCUT2D eigenvalue weighted by Gasteiger charge is 2.75. The van der Waals surface area contributed by atoms with Gasteiger partial charge in [0.05, 0.1) is 23.5 Å². The summed E-state index contributed by atoms with van der Waals surface area (Å²) in [6, 6.07) is 6.49. The molecular formula is C26H31N5O6. The van der Waals surface area contributed by atoms with Crippen LogP contribution in [0.3, 0.4) is 0 Å². The van der Waals surface area contributed by atoms with Crippen LogP contribution in [0.15, 0.2) is 49.6 Å². The van der Waals surface area contributed by atoms with Gasteiger partial charge in [0.25, 0.3) is 0 Å². The molecule has 1 aromatic heterocycles. The Labute approximate surface area is 214 Å². The molecule has 1 spiro atoms. The fourth-order valence-corrected chi connectivity index (χ4v) is 6.15. The van der Waals surface area contributed by atoms with Gasteiger partial charge >= 0.3 is 5.97 Å². The molecule has 1 N–H and O–H groups in total. The number of likely N-dealkylation sites (tertiary alicyclic amines) is 1. The van der Waals surface area contributed by atoms with E-state index in [1.165, 1.54) is 11.0 Å². The van der Waals surface area contributed by atoms with Crippen LogP contribution in [0.2, 0.25) is 0 Å². The predicted molar refractivity (Wildman–Crippen MR) is 132 cm³/mol. The van der Waals surface area contributed by atoms with Crippen molar-refractivity contribution < 1.29 is 29.0 Å². The minimum atomic E-state index is -1.14. The van der Waals surface area contributed by atoms with Crippen LogP contribution in [-0.4, -0.2) is 91.7 Å². The van der Waals surface area contributed by atoms with E-state index in [0.717, 1.165) is 5.52 Å². The van der Waals surface area contributed by atoms with Crippen LogP contribution in [0.1, 0.15) is 19.3 Å². The second kappa shape index (κ2) is 10.1. The fraction of sp³-hybridized carbons (Fsp3) is 0.500. The molecule has 0 radical (unpaired) electrons. The maximum absolute atomic E-state index is 14.2. The Bertz CT molecular complexity index is 1230. The number of benzene rings is 1. The van der Waals surface area contributed by atoms with Crippen LogP contribution in [0.4, 0.5) is 0 Å². The van der Waals surface area contributed by atoms with E-state index in [1.54, 1.807) is 15.7 Å². The summed E-state index contributed by atoms with van der Waals surface area (Å²) in [5.74, 6) is -2.78. The number of aliphatic hydroxyl groups excluding tert-OH is 1. The number of amides is 2. The minimum Gasteiger partial charge on any atom is -0.461 e. The van der Waals surface area contributed by atoms with Crippen LogP contribution in [0.5, 0.6) is 0 Å². The van der Waals surface area contributed by atoms with E-state index in [-0.39, 0.29) is 44.8 Å². The van der Waals surface area contributed by atoms with Crippen molar-refractivity contribution in [2.24, 2.45) is 11.8 Å². The molecule has 1 aromatic carbocycles. The number of aliphatic hydroxyl groups is 1. The van der Waals surface area contributed by atoms with E-state index < -0.39 is 35.6 Å². The monoisotopic (exact) mass is 509 g/mol. The lowest BCUT2D eigenvalue weighted by molar-refractivity contribution is -0.154. The van der Waals surface area contributed by atoms with Crippen molar-refractivity contribution >= 4 is 28.8 Å². The van der Waals surface area contributed by atoms with Crippen LogP contribution in [0, 0.1) is 11.8 Å². The fourth-order valence-electron chi connectivity index (χ4n) is 6.15. The molecule has 2 unspecified atom stereocenters. The molecule has 2 aromatic rings. The van der Waals surface area contributed by atoms with Gasteiger partial charge in [0.15, 0.2) is 0 Å². The summed E-state index contributed by atoms with van der Waals surface area (Å²) >= 11 is 0. The maximum Gasteiger partial charge on any atom is 0.312 e. The molecule has 5 rings (SSSR count). The number of carbonyl (C=O) groups excluding carboxylic acids is 3. The topological polar surface area (TPSA) is 127 Å². The predicted octanol–water partition coefficient (Wildman–Crippen LogP) is 0.890. The number of ether oxygens (including phenoxy) is 2. The Morgan fingerprint density at radius 2 is 2.11 bits per heavy atom. The summed E-state index contributed by atoms with van der Waals surface area (Å²) in [4.78, 5) is 44.0. The highest BCUT2D eigenvalue weighted by Crippen LogP contribution is 2.58. The standard InChI is InChI=1S/C26H31N5O6/c1-3-12-29(16-31-18-9-6-5-8-17(18)27-28-31)24(34)22-26-11-10-19(37-26)20(25(35)36-15-4-2)21(26)23(33)30(22)13-7-14-32/h3-6,8-9,19-22,32H,1-2,7,10-16H2/t19-,20+,21+,22?,26?/m1/s1. The van der Waals surface area contributed by atoms with Gasteiger partial charge in [-0.25, -0.2) is 4.68 Å². The summed E-state index contributed by atoms with van der Waals surface area (Å²) < 4.78 is 13.3. The van der Waals surface area contributed by atoms with Gasteiger partial charge in [0, 0.05) is 19.7 Å². The van der Waals surface area contributed by atoms with Crippen molar-refractivity contribution in [2.45, 2.75) is 43.7 Å². The van der Waals surface area contributed by atoms with Crippen molar-refractivity contribution in [3.63, 3.8) is 0 Å². The number of carbonyl (C=O) groups is 3. The summed E-state index contributed by atoms with van der Waals surface area (Å²) in [6.07, 6.45) is 3.91. The van der Waals surface area contributed by atoms with Crippen LogP contribution in [-0.2, 0) is 30.5 Å². The first-order valence-electron chi connectivity index (χ1n) is 12.5. The Kier molecular flexibility index (Phi) is 6.82. The lowest BCUT2D eigenvalue weighted by Gasteiger charge is -2.36. The highest BCUT2D eigenvalue weighted by molar-refractivity contribution is 5.98. The van der Waals surface area contributed by atoms with E-state index in [4.69, 9.17) is 9.47 Å². The molecule has 5 atom stereocenters. The van der Waals surface area contributed by atoms with E-state index in [9.17, 15) is 19.5 Å². The second-order valence-corrected chi connectivity index (χ2v) is 9.65. The first-order chi connectivity index (χ1) is 18.0. The summed E-state index contributed by atoms with van der Waals surface area (Å²) in [6.45, 7) is 7.75. The average Bonchev–Trinajstić information content (AvgIpc) is 3.65. The van der Waals surface area contributed by atoms with Crippen LogP contribution >= 0.6 is 0 Å². The molecule has 3 aliphatic rings. The molecule has 4 heterocycles. The number of nitrogens with zero attached hydrogens (tertiary/aromatic N) is 5. The number of aromatic nitrogens is 3. The lowest BCUT2D eigenvalue weighted by atomic mass is 9.70. The third-order valence-corrected chi connectivity index (χ3v) is 7.59. The molecule has 3 fully saturated rings. The highest BCUT2D eigenvalue weighted by atomic mass is 16.6. The van der Waals surface area contributed by atoms with Gasteiger partial charge in [-0.05, 0) is 31.4 Å². The number of hydrogen-bond acceptors (Lipinski definition) is 8. The van der Waals surface area contributed by atoms with Gasteiger partial charge in [0.2, 0.25) is 11.8 Å². The van der Waals surface area contributed by atoms with E-state index >= 15 is 0 Å². The van der Waals surface area contributed by atoms with Gasteiger partial charge in [-0.2, -0.15) is 0 Å². The molecule has 2 amide bonds. The summed E-state index contributed by atoms with van der Waals surface area (Å²) in [7, 11) is 0. The van der Waals surface area contributed by atoms with Gasteiger partial charge in [0.1, 0.15) is 30.4 Å². The molecule has 2 bridgehead atoms. The van der Waals surface area contributed by atoms with E-state index in [1.807, 2.05) is 24.3 Å². The first kappa shape index (κ1) is 25.1. The number of esters is 1. The molecular weight excluding hydrogens is 478 g/mol. The van der Waals surface area contributed by atoms with E-state index in [2.05, 4.69) is 23.5 Å². The first-order valence-corrected chi connectivity index (χ1v) is 12.5. The Morgan fingerprint density at radius 3 is 2.86 bits per heavy atom. The molecule has 196 valence electrons. The average molecular weight is 510 g/mol. The Balaban J connectivity index is 1.49. The van der Waals surface area contributed by atoms with Crippen molar-refractivity contribution in [3.8, 4) is 0 Å². The number of rotatable bonds is 11. The zero-order valence-corrected chi connectivity index (χ0v) is 20.6. The third kappa shape index (κ3) is 4.02. The zero-order chi connectivity index (χ0) is 26.2. The minimum absolute atomic E-state index is 0.0333. The third-order valence-electron chi connectivity index (χ3n) is 7.59. The maximum atomic E-state index is 14.2. The van der Waals surface area contributed by atoms with Gasteiger partial charge in [-0.3, -0.25) is 14.4 Å². The molecule has 37 heavy (non-hydrogen) atoms. The Hall–Kier alpha value is -3.57. The van der Waals surface area contributed by atoms with Gasteiger partial charge < -0.3 is 24.4 Å². The molecule has 11 heteroatoms. The van der Waals surface area contributed by atoms with Crippen molar-refractivity contribution in [3.05, 3.63) is 49.6 Å². The molecule has 3 saturated heterocycles. The smallest absolute Gasteiger partial charge is 0.312 e. The van der Waals surface area contributed by atoms with Gasteiger partial charge in [-0.1, -0.05) is 36.1 Å². The molecule has 0 aliphatic carbocycles. The van der Waals surface area contributed by atoms with Crippen LogP contribution < -0.4 is 0 Å². The largest absolute Gasteiger partial charge is 0.461 e. The summed E-state index contributed by atoms with van der Waals surface area (Å²) in [5.41, 5.74) is 0.324. The number of hydrogen-bond donors (Lipinski definition) is 1. The molecule has 11 nitrogen and oxygen atoms in total. The molecule has 0 saturated carbocycles. The zero-order valence-electron chi connectivity index (χ0n) is 20.6.